The first kappa shape index (κ1) is 16.0. The molecule has 0 saturated heterocycles. The van der Waals surface area contributed by atoms with Crippen LogP contribution in [-0.2, 0) is 24.5 Å². The van der Waals surface area contributed by atoms with Crippen LogP contribution < -0.4 is 4.52 Å². The molecule has 0 saturated carbocycles. The minimum atomic E-state index is -3.62. The van der Waals surface area contributed by atoms with Gasteiger partial charge >= 0.3 is 7.82 Å². The molecule has 20 heavy (non-hydrogen) atoms. The van der Waals surface area contributed by atoms with Crippen molar-refractivity contribution < 1.29 is 18.1 Å². The Bertz CT molecular complexity index is 563. The van der Waals surface area contributed by atoms with Gasteiger partial charge in [0.15, 0.2) is 0 Å². The third-order valence-electron chi connectivity index (χ3n) is 2.78. The van der Waals surface area contributed by atoms with E-state index in [9.17, 15) is 4.57 Å². The van der Waals surface area contributed by atoms with Crippen LogP contribution in [0.2, 0.25) is 0 Å². The lowest BCUT2D eigenvalue weighted by Gasteiger charge is -2.38. The number of halogens is 1. The van der Waals surface area contributed by atoms with E-state index >= 15 is 0 Å². The maximum atomic E-state index is 12.7. The molecule has 0 N–H and O–H groups in total. The third-order valence-corrected chi connectivity index (χ3v) is 5.30. The average Bonchev–Trinajstić information content (AvgIpc) is 2.24. The van der Waals surface area contributed by atoms with Gasteiger partial charge in [-0.2, -0.15) is 0 Å². The quantitative estimate of drug-likeness (QED) is 0.539. The van der Waals surface area contributed by atoms with Crippen molar-refractivity contribution in [1.29, 1.82) is 0 Å². The first-order valence-electron chi connectivity index (χ1n) is 6.45. The summed E-state index contributed by atoms with van der Waals surface area (Å²) in [6, 6.07) is 5.73. The molecule has 4 nitrogen and oxygen atoms in total. The molecule has 112 valence electrons. The minimum Gasteiger partial charge on any atom is -0.404 e. The van der Waals surface area contributed by atoms with E-state index in [-0.39, 0.29) is 0 Å². The van der Waals surface area contributed by atoms with E-state index in [4.69, 9.17) is 13.6 Å². The molecule has 6 heteroatoms. The Hall–Kier alpha value is -0.350. The van der Waals surface area contributed by atoms with E-state index in [0.717, 1.165) is 16.5 Å². The van der Waals surface area contributed by atoms with Gasteiger partial charge in [0.25, 0.3) is 0 Å². The van der Waals surface area contributed by atoms with E-state index in [0.29, 0.717) is 5.75 Å². The van der Waals surface area contributed by atoms with Crippen LogP contribution in [0.25, 0.3) is 0 Å². The number of phosphoric ester groups is 1. The second-order valence-electron chi connectivity index (χ2n) is 6.31. The summed E-state index contributed by atoms with van der Waals surface area (Å²) in [7, 11) is -3.62. The molecule has 0 amide bonds. The molecular weight excluding hydrogens is 343 g/mol. The summed E-state index contributed by atoms with van der Waals surface area (Å²) in [5.41, 5.74) is 0.641. The van der Waals surface area contributed by atoms with Crippen molar-refractivity contribution in [2.75, 3.05) is 0 Å². The normalized spacial score (nSPS) is 24.9. The Labute approximate surface area is 128 Å². The largest absolute Gasteiger partial charge is 0.531 e. The highest BCUT2D eigenvalue weighted by atomic mass is 79.9. The fraction of sp³-hybridized carbons (Fsp3) is 0.571. The van der Waals surface area contributed by atoms with Gasteiger partial charge in [-0.05, 0) is 52.3 Å². The molecular formula is C14H20BrO4P. The molecule has 0 radical (unpaired) electrons. The lowest BCUT2D eigenvalue weighted by molar-refractivity contribution is -0.000322. The number of hydrogen-bond donors (Lipinski definition) is 0. The van der Waals surface area contributed by atoms with Gasteiger partial charge in [-0.3, -0.25) is 9.05 Å². The van der Waals surface area contributed by atoms with E-state index in [1.165, 1.54) is 0 Å². The molecule has 0 bridgehead atoms. The van der Waals surface area contributed by atoms with E-state index in [1.807, 2.05) is 52.8 Å². The van der Waals surface area contributed by atoms with Crippen LogP contribution in [0.15, 0.2) is 18.2 Å². The van der Waals surface area contributed by atoms with Gasteiger partial charge in [-0.1, -0.05) is 22.0 Å². The summed E-state index contributed by atoms with van der Waals surface area (Å²) < 4.78 is 29.4. The van der Waals surface area contributed by atoms with Crippen molar-refractivity contribution in [3.8, 4) is 5.75 Å². The monoisotopic (exact) mass is 362 g/mol. The van der Waals surface area contributed by atoms with Crippen molar-refractivity contribution in [2.45, 2.75) is 51.2 Å². The lowest BCUT2D eigenvalue weighted by Crippen LogP contribution is -2.30. The van der Waals surface area contributed by atoms with E-state index in [2.05, 4.69) is 15.9 Å². The number of hydrogen-bond acceptors (Lipinski definition) is 4. The van der Waals surface area contributed by atoms with Gasteiger partial charge in [0, 0.05) is 10.9 Å². The summed E-state index contributed by atoms with van der Waals surface area (Å²) in [6.45, 7) is 9.18. The minimum absolute atomic E-state index is 0.554. The lowest BCUT2D eigenvalue weighted by atomic mass is 9.96. The molecule has 0 aliphatic carbocycles. The maximum absolute atomic E-state index is 12.7. The summed E-state index contributed by atoms with van der Waals surface area (Å²) >= 11 is 3.42. The van der Waals surface area contributed by atoms with Crippen molar-refractivity contribution in [3.05, 3.63) is 29.3 Å². The molecule has 1 aliphatic heterocycles. The van der Waals surface area contributed by atoms with Crippen LogP contribution in [0.5, 0.6) is 5.75 Å². The van der Waals surface area contributed by atoms with Gasteiger partial charge in [0.05, 0.1) is 5.60 Å². The van der Waals surface area contributed by atoms with Crippen LogP contribution in [0.4, 0.5) is 0 Å². The highest BCUT2D eigenvalue weighted by molar-refractivity contribution is 9.08. The molecule has 1 aromatic rings. The van der Waals surface area contributed by atoms with Crippen molar-refractivity contribution >= 4 is 23.8 Å². The van der Waals surface area contributed by atoms with Gasteiger partial charge < -0.3 is 4.52 Å². The molecule has 0 fully saturated rings. The van der Waals surface area contributed by atoms with Crippen LogP contribution >= 0.6 is 23.8 Å². The first-order chi connectivity index (χ1) is 9.05. The molecule has 0 spiro atoms. The van der Waals surface area contributed by atoms with Crippen LogP contribution in [-0.4, -0.2) is 5.60 Å². The second kappa shape index (κ2) is 5.13. The molecule has 1 aromatic carbocycles. The van der Waals surface area contributed by atoms with Crippen molar-refractivity contribution in [3.63, 3.8) is 0 Å². The molecule has 2 rings (SSSR count). The number of phosphoric acid groups is 1. The Morgan fingerprint density at radius 1 is 1.35 bits per heavy atom. The Morgan fingerprint density at radius 2 is 2.00 bits per heavy atom. The zero-order valence-corrected chi connectivity index (χ0v) is 14.9. The van der Waals surface area contributed by atoms with E-state index < -0.39 is 19.0 Å². The summed E-state index contributed by atoms with van der Waals surface area (Å²) in [5, 5.41) is 0.743. The summed E-state index contributed by atoms with van der Waals surface area (Å²) in [5.74, 6) is 0.554. The molecule has 1 heterocycles. The highest BCUT2D eigenvalue weighted by Crippen LogP contribution is 2.61. The number of benzene rings is 1. The number of alkyl halides is 1. The average molecular weight is 363 g/mol. The molecule has 0 aromatic heterocycles. The van der Waals surface area contributed by atoms with Crippen molar-refractivity contribution in [2.24, 2.45) is 0 Å². The van der Waals surface area contributed by atoms with E-state index in [1.54, 1.807) is 0 Å². The van der Waals surface area contributed by atoms with Crippen LogP contribution in [0.1, 0.15) is 45.7 Å². The predicted octanol–water partition coefficient (Wildman–Crippen LogP) is 5.15. The van der Waals surface area contributed by atoms with Gasteiger partial charge in [-0.25, -0.2) is 4.57 Å². The standard InChI is InChI=1S/C14H20BrO4P/c1-13(2,3)18-20(16)17-12-7-6-10(9-15)8-11(12)14(4,5)19-20/h6-8H,9H2,1-5H3. The third kappa shape index (κ3) is 3.45. The topological polar surface area (TPSA) is 44.8 Å². The van der Waals surface area contributed by atoms with Crippen LogP contribution in [0, 0.1) is 0 Å². The molecule has 1 unspecified atom stereocenters. The van der Waals surface area contributed by atoms with Gasteiger partial charge in [-0.15, -0.1) is 0 Å². The fourth-order valence-corrected chi connectivity index (χ4v) is 4.24. The Kier molecular flexibility index (Phi) is 4.11. The maximum Gasteiger partial charge on any atom is 0.531 e. The summed E-state index contributed by atoms with van der Waals surface area (Å²) in [4.78, 5) is 0. The number of rotatable bonds is 2. The predicted molar refractivity (Wildman–Crippen MR) is 82.3 cm³/mol. The Balaban J connectivity index is 2.43. The second-order valence-corrected chi connectivity index (χ2v) is 8.31. The van der Waals surface area contributed by atoms with Crippen molar-refractivity contribution in [1.82, 2.24) is 0 Å². The highest BCUT2D eigenvalue weighted by Gasteiger charge is 2.46. The molecule has 1 aliphatic rings. The Morgan fingerprint density at radius 3 is 2.55 bits per heavy atom. The van der Waals surface area contributed by atoms with Gasteiger partial charge in [0.2, 0.25) is 0 Å². The zero-order chi connectivity index (χ0) is 15.2. The summed E-state index contributed by atoms with van der Waals surface area (Å²) in [6.07, 6.45) is 0. The van der Waals surface area contributed by atoms with Crippen LogP contribution in [0.3, 0.4) is 0 Å². The smallest absolute Gasteiger partial charge is 0.404 e. The fourth-order valence-electron chi connectivity index (χ4n) is 2.05. The number of fused-ring (bicyclic) bond motifs is 1. The zero-order valence-electron chi connectivity index (χ0n) is 12.4. The van der Waals surface area contributed by atoms with Gasteiger partial charge in [0.1, 0.15) is 11.4 Å². The molecule has 1 atom stereocenters. The first-order valence-corrected chi connectivity index (χ1v) is 9.03. The SMILES string of the molecule is CC(C)(C)OP1(=O)Oc2ccc(CBr)cc2C(C)(C)O1.